The quantitative estimate of drug-likeness (QED) is 0.0441. The number of benzene rings is 7. The molecule has 0 amide bonds. The summed E-state index contributed by atoms with van der Waals surface area (Å²) >= 11 is 0. The van der Waals surface area contributed by atoms with Crippen molar-refractivity contribution in [3.05, 3.63) is 251 Å². The maximum absolute atomic E-state index is 14.2. The van der Waals surface area contributed by atoms with Gasteiger partial charge in [0.1, 0.15) is 30.5 Å². The molecule has 0 saturated carbocycles. The molecule has 0 aliphatic carbocycles. The van der Waals surface area contributed by atoms with E-state index in [1.165, 1.54) is 7.11 Å². The molecule has 0 spiro atoms. The molecule has 392 valence electrons. The second-order valence-electron chi connectivity index (χ2n) is 18.1. The highest BCUT2D eigenvalue weighted by Crippen LogP contribution is 2.35. The Morgan fingerprint density at radius 1 is 0.342 bits per heavy atom. The lowest BCUT2D eigenvalue weighted by molar-refractivity contribution is -0.343. The molecule has 7 aromatic carbocycles. The molecule has 76 heavy (non-hydrogen) atoms. The lowest BCUT2D eigenvalue weighted by Crippen LogP contribution is -2.64. The maximum Gasteiger partial charge on any atom is 0.338 e. The zero-order chi connectivity index (χ0) is 52.3. The van der Waals surface area contributed by atoms with Crippen molar-refractivity contribution in [2.75, 3.05) is 20.3 Å². The molecule has 0 unspecified atom stereocenters. The van der Waals surface area contributed by atoms with Gasteiger partial charge in [-0.3, -0.25) is 0 Å². The van der Waals surface area contributed by atoms with Crippen LogP contribution >= 0.6 is 0 Å². The molecule has 0 aromatic heterocycles. The Morgan fingerprint density at radius 2 is 0.684 bits per heavy atom. The maximum atomic E-state index is 14.2. The topological polar surface area (TPSA) is 153 Å². The van der Waals surface area contributed by atoms with Crippen LogP contribution in [0.15, 0.2) is 212 Å². The second kappa shape index (κ2) is 27.4. The zero-order valence-corrected chi connectivity index (χ0v) is 41.9. The van der Waals surface area contributed by atoms with Crippen molar-refractivity contribution in [2.45, 2.75) is 87.8 Å². The highest BCUT2D eigenvalue weighted by Gasteiger charge is 2.55. The fourth-order valence-electron chi connectivity index (χ4n) is 8.97. The van der Waals surface area contributed by atoms with Crippen LogP contribution < -0.4 is 0 Å². The first kappa shape index (κ1) is 53.5. The van der Waals surface area contributed by atoms with Crippen LogP contribution in [0, 0.1) is 0 Å². The Bertz CT molecular complexity index is 2830. The molecule has 2 saturated heterocycles. The minimum Gasteiger partial charge on any atom is -0.452 e. The number of carbonyl (C=O) groups excluding carboxylic acids is 3. The van der Waals surface area contributed by atoms with Crippen molar-refractivity contribution in [3.8, 4) is 0 Å². The zero-order valence-electron chi connectivity index (χ0n) is 41.9. The predicted octanol–water partition coefficient (Wildman–Crippen LogP) is 9.75. The number of hydrogen-bond donors (Lipinski definition) is 0. The van der Waals surface area contributed by atoms with E-state index in [4.69, 9.17) is 52.1 Å². The van der Waals surface area contributed by atoms with Crippen LogP contribution in [-0.4, -0.2) is 99.6 Å². The lowest BCUT2D eigenvalue weighted by atomic mass is 9.96. The van der Waals surface area contributed by atoms with Crippen molar-refractivity contribution in [3.63, 3.8) is 0 Å². The largest absolute Gasteiger partial charge is 0.452 e. The van der Waals surface area contributed by atoms with Gasteiger partial charge in [-0.25, -0.2) is 14.4 Å². The van der Waals surface area contributed by atoms with Crippen LogP contribution in [-0.2, 0) is 78.5 Å². The molecule has 0 N–H and O–H groups in total. The Labute approximate surface area is 442 Å². The summed E-state index contributed by atoms with van der Waals surface area (Å²) < 4.78 is 72.2. The summed E-state index contributed by atoms with van der Waals surface area (Å²) in [5, 5.41) is 0. The smallest absolute Gasteiger partial charge is 0.338 e. The van der Waals surface area contributed by atoms with Crippen LogP contribution in [0.2, 0.25) is 0 Å². The predicted molar refractivity (Wildman–Crippen MR) is 278 cm³/mol. The summed E-state index contributed by atoms with van der Waals surface area (Å²) in [6, 6.07) is 63.9. The molecule has 10 atom stereocenters. The molecule has 0 bridgehead atoms. The number of hydrogen-bond acceptors (Lipinski definition) is 14. The summed E-state index contributed by atoms with van der Waals surface area (Å²) in [7, 11) is 1.36. The Balaban J connectivity index is 1.08. The summed E-state index contributed by atoms with van der Waals surface area (Å²) in [5.74, 6) is -2.32. The minimum atomic E-state index is -1.52. The van der Waals surface area contributed by atoms with Crippen molar-refractivity contribution < 1.29 is 66.5 Å². The minimum absolute atomic E-state index is 0.0553. The third-order valence-electron chi connectivity index (χ3n) is 12.8. The van der Waals surface area contributed by atoms with E-state index < -0.39 is 79.3 Å². The van der Waals surface area contributed by atoms with Gasteiger partial charge in [0.2, 0.25) is 0 Å². The summed E-state index contributed by atoms with van der Waals surface area (Å²) in [6.45, 7) is 0.495. The first-order chi connectivity index (χ1) is 37.4. The van der Waals surface area contributed by atoms with E-state index in [9.17, 15) is 14.4 Å². The molecule has 14 heteroatoms. The Kier molecular flexibility index (Phi) is 19.3. The van der Waals surface area contributed by atoms with Gasteiger partial charge in [-0.15, -0.1) is 0 Å². The molecule has 2 heterocycles. The lowest BCUT2D eigenvalue weighted by Gasteiger charge is -2.47. The number of methoxy groups -OCH3 is 1. The summed E-state index contributed by atoms with van der Waals surface area (Å²) in [4.78, 5) is 42.3. The Morgan fingerprint density at radius 3 is 1.12 bits per heavy atom. The van der Waals surface area contributed by atoms with Crippen molar-refractivity contribution >= 4 is 17.9 Å². The molecular weight excluding hydrogens is 969 g/mol. The van der Waals surface area contributed by atoms with Crippen LogP contribution in [0.5, 0.6) is 0 Å². The molecule has 2 aliphatic rings. The third-order valence-corrected chi connectivity index (χ3v) is 12.8. The fourth-order valence-corrected chi connectivity index (χ4v) is 8.97. The molecule has 0 radical (unpaired) electrons. The van der Waals surface area contributed by atoms with Gasteiger partial charge in [0.15, 0.2) is 30.9 Å². The molecule has 9 rings (SSSR count). The van der Waals surface area contributed by atoms with Crippen molar-refractivity contribution in [1.29, 1.82) is 0 Å². The third kappa shape index (κ3) is 14.5. The summed E-state index contributed by atoms with van der Waals surface area (Å²) in [6.07, 6.45) is -11.7. The number of esters is 3. The molecular formula is C62H60O14. The average Bonchev–Trinajstić information content (AvgIpc) is 3.48. The van der Waals surface area contributed by atoms with Gasteiger partial charge in [0.05, 0.1) is 56.3 Å². The second-order valence-corrected chi connectivity index (χ2v) is 18.1. The van der Waals surface area contributed by atoms with E-state index in [0.717, 1.165) is 22.3 Å². The fraction of sp³-hybridized carbons (Fsp3) is 0.274. The number of rotatable bonds is 23. The molecule has 2 aliphatic heterocycles. The van der Waals surface area contributed by atoms with Crippen LogP contribution in [0.25, 0.3) is 0 Å². The van der Waals surface area contributed by atoms with E-state index in [0.29, 0.717) is 0 Å². The van der Waals surface area contributed by atoms with E-state index in [1.54, 1.807) is 91.0 Å². The van der Waals surface area contributed by atoms with Crippen LogP contribution in [0.3, 0.4) is 0 Å². The monoisotopic (exact) mass is 1030 g/mol. The SMILES string of the molecule is CO[C@H]1O[C@H](CO[C@@H]2O[C@H](COCc3ccccc3)[C@H](OCc3ccccc3)[C@H](OCc3ccccc3)[C@H]2OCc2ccccc2)[C@@H](OC(=O)c2ccccc2)[C@H](OC(=O)c2ccccc2)[C@H]1OC(=O)c1ccccc1. The normalized spacial score (nSPS) is 23.2. The molecule has 2 fully saturated rings. The van der Waals surface area contributed by atoms with E-state index in [2.05, 4.69) is 0 Å². The van der Waals surface area contributed by atoms with E-state index in [-0.39, 0.29) is 56.3 Å². The van der Waals surface area contributed by atoms with E-state index in [1.807, 2.05) is 121 Å². The molecule has 7 aromatic rings. The highest BCUT2D eigenvalue weighted by atomic mass is 16.8. The summed E-state index contributed by atoms with van der Waals surface area (Å²) in [5.41, 5.74) is 4.28. The van der Waals surface area contributed by atoms with Gasteiger partial charge in [-0.1, -0.05) is 176 Å². The number of ether oxygens (including phenoxy) is 11. The Hall–Kier alpha value is -7.37. The van der Waals surface area contributed by atoms with Crippen LogP contribution in [0.1, 0.15) is 53.3 Å². The standard InChI is InChI=1S/C62H60O14/c1-66-61-57(76-60(65)49-35-21-8-22-36-49)55(75-59(64)48-33-19-7-20-34-48)53(74-58(63)47-31-17-6-18-32-47)51(72-61)42-71-62-56(70-40-46-29-15-5-16-30-46)54(69-39-45-27-13-4-14-28-45)52(68-38-44-25-11-3-12-26-44)50(73-62)41-67-37-43-23-9-2-10-24-43/h2-36,50-57,61-62H,37-42H2,1H3/t50-,51-,52+,53-,54+,55+,56-,57-,61+,62-/m1/s1. The van der Waals surface area contributed by atoms with Gasteiger partial charge in [-0.2, -0.15) is 0 Å². The van der Waals surface area contributed by atoms with Gasteiger partial charge < -0.3 is 52.1 Å². The van der Waals surface area contributed by atoms with Crippen molar-refractivity contribution in [2.24, 2.45) is 0 Å². The number of carbonyl (C=O) groups is 3. The van der Waals surface area contributed by atoms with Crippen LogP contribution in [0.4, 0.5) is 0 Å². The first-order valence-corrected chi connectivity index (χ1v) is 25.2. The van der Waals surface area contributed by atoms with E-state index >= 15 is 0 Å². The highest BCUT2D eigenvalue weighted by molar-refractivity contribution is 5.91. The van der Waals surface area contributed by atoms with Gasteiger partial charge in [0.25, 0.3) is 0 Å². The van der Waals surface area contributed by atoms with Gasteiger partial charge >= 0.3 is 17.9 Å². The van der Waals surface area contributed by atoms with Gasteiger partial charge in [0, 0.05) is 7.11 Å². The first-order valence-electron chi connectivity index (χ1n) is 25.2. The van der Waals surface area contributed by atoms with Gasteiger partial charge in [-0.05, 0) is 58.7 Å². The molecule has 14 nitrogen and oxygen atoms in total. The van der Waals surface area contributed by atoms with Crippen molar-refractivity contribution in [1.82, 2.24) is 0 Å². The average molecular weight is 1030 g/mol.